The summed E-state index contributed by atoms with van der Waals surface area (Å²) in [6.45, 7) is 0.856. The van der Waals surface area contributed by atoms with Gasteiger partial charge >= 0.3 is 0 Å². The molecular weight excluding hydrogens is 166 g/mol. The zero-order valence-corrected chi connectivity index (χ0v) is 7.32. The van der Waals surface area contributed by atoms with Crippen LogP contribution in [0.1, 0.15) is 40.1 Å². The summed E-state index contributed by atoms with van der Waals surface area (Å²) in [6, 6.07) is 1.71. The van der Waals surface area contributed by atoms with Crippen LogP contribution in [0.25, 0.3) is 0 Å². The van der Waals surface area contributed by atoms with E-state index in [1.807, 2.05) is 10.8 Å². The zero-order chi connectivity index (χ0) is 9.26. The lowest BCUT2D eigenvalue weighted by Gasteiger charge is -2.02. The van der Waals surface area contributed by atoms with Crippen LogP contribution in [0.3, 0.4) is 0 Å². The number of hydrogen-bond acceptors (Lipinski definition) is 2. The summed E-state index contributed by atoms with van der Waals surface area (Å²) in [4.78, 5) is 22.2. The third kappa shape index (κ3) is 1.30. The van der Waals surface area contributed by atoms with E-state index in [9.17, 15) is 9.59 Å². The van der Waals surface area contributed by atoms with Crippen LogP contribution in [0, 0.1) is 0 Å². The second kappa shape index (κ2) is 3.17. The second-order valence-corrected chi connectivity index (χ2v) is 3.31. The molecule has 3 heteroatoms. The number of carbonyl (C=O) groups is 2. The fourth-order valence-corrected chi connectivity index (χ4v) is 1.78. The van der Waals surface area contributed by atoms with E-state index in [1.165, 1.54) is 0 Å². The summed E-state index contributed by atoms with van der Waals surface area (Å²) < 4.78 is 1.89. The van der Waals surface area contributed by atoms with Crippen molar-refractivity contribution in [3.63, 3.8) is 0 Å². The van der Waals surface area contributed by atoms with Gasteiger partial charge in [0.25, 0.3) is 0 Å². The van der Waals surface area contributed by atoms with Crippen molar-refractivity contribution in [1.29, 1.82) is 0 Å². The largest absolute Gasteiger partial charge is 0.345 e. The molecule has 1 aliphatic rings. The van der Waals surface area contributed by atoms with Crippen LogP contribution in [0.2, 0.25) is 0 Å². The zero-order valence-electron chi connectivity index (χ0n) is 7.32. The molecule has 0 fully saturated rings. The molecule has 1 aromatic heterocycles. The van der Waals surface area contributed by atoms with Crippen LogP contribution in [0.4, 0.5) is 0 Å². The summed E-state index contributed by atoms with van der Waals surface area (Å²) >= 11 is 0. The molecule has 68 valence electrons. The van der Waals surface area contributed by atoms with E-state index < -0.39 is 0 Å². The molecule has 3 nitrogen and oxygen atoms in total. The van der Waals surface area contributed by atoms with Gasteiger partial charge in [-0.15, -0.1) is 0 Å². The van der Waals surface area contributed by atoms with E-state index in [0.717, 1.165) is 25.7 Å². The Morgan fingerprint density at radius 2 is 2.23 bits per heavy atom. The molecule has 0 radical (unpaired) electrons. The predicted octanol–water partition coefficient (Wildman–Crippen LogP) is 1.67. The normalized spacial score (nSPS) is 16.5. The topological polar surface area (TPSA) is 39.1 Å². The van der Waals surface area contributed by atoms with E-state index in [0.29, 0.717) is 17.7 Å². The Morgan fingerprint density at radius 1 is 1.38 bits per heavy atom. The van der Waals surface area contributed by atoms with Crippen molar-refractivity contribution in [2.45, 2.75) is 25.8 Å². The minimum absolute atomic E-state index is 0.101. The third-order valence-corrected chi connectivity index (χ3v) is 2.44. The first-order valence-electron chi connectivity index (χ1n) is 4.50. The lowest BCUT2D eigenvalue weighted by atomic mass is 10.1. The smallest absolute Gasteiger partial charge is 0.179 e. The van der Waals surface area contributed by atoms with Gasteiger partial charge in [-0.1, -0.05) is 0 Å². The van der Waals surface area contributed by atoms with Gasteiger partial charge in [-0.25, -0.2) is 0 Å². The molecule has 1 aliphatic heterocycles. The third-order valence-electron chi connectivity index (χ3n) is 2.44. The number of ketones is 1. The summed E-state index contributed by atoms with van der Waals surface area (Å²) in [6.07, 6.45) is 5.10. The molecule has 0 bridgehead atoms. The fraction of sp³-hybridized carbons (Fsp3) is 0.400. The van der Waals surface area contributed by atoms with Gasteiger partial charge in [0.15, 0.2) is 12.1 Å². The monoisotopic (exact) mass is 177 g/mol. The number of nitrogens with zero attached hydrogens (tertiary/aromatic N) is 1. The first kappa shape index (κ1) is 8.23. The van der Waals surface area contributed by atoms with Crippen LogP contribution >= 0.6 is 0 Å². The molecule has 0 spiro atoms. The standard InChI is InChI=1S/C10H11NO2/c12-7-8-4-6-11-5-2-1-3-9(13)10(8)11/h4,6-7H,1-3,5H2. The minimum atomic E-state index is 0.101. The maximum Gasteiger partial charge on any atom is 0.179 e. The number of Topliss-reactive ketones (excluding diaryl/α,β-unsaturated/α-hetero) is 1. The van der Waals surface area contributed by atoms with Crippen LogP contribution in [0.5, 0.6) is 0 Å². The van der Waals surface area contributed by atoms with Gasteiger partial charge in [0.2, 0.25) is 0 Å². The average molecular weight is 177 g/mol. The molecule has 0 unspecified atom stereocenters. The highest BCUT2D eigenvalue weighted by molar-refractivity contribution is 6.01. The number of hydrogen-bond donors (Lipinski definition) is 0. The van der Waals surface area contributed by atoms with Crippen LogP contribution in [-0.4, -0.2) is 16.6 Å². The van der Waals surface area contributed by atoms with Gasteiger partial charge in [-0.05, 0) is 18.9 Å². The number of aldehydes is 1. The molecule has 0 amide bonds. The van der Waals surface area contributed by atoms with Crippen molar-refractivity contribution in [2.75, 3.05) is 0 Å². The molecule has 1 aromatic rings. The average Bonchev–Trinajstić information content (AvgIpc) is 2.47. The molecule has 0 aromatic carbocycles. The lowest BCUT2D eigenvalue weighted by molar-refractivity contribution is 0.0971. The van der Waals surface area contributed by atoms with E-state index in [-0.39, 0.29) is 5.78 Å². The minimum Gasteiger partial charge on any atom is -0.345 e. The van der Waals surface area contributed by atoms with Crippen molar-refractivity contribution >= 4 is 12.1 Å². The number of aryl methyl sites for hydroxylation is 1. The maximum absolute atomic E-state index is 11.6. The Kier molecular flexibility index (Phi) is 2.00. The first-order chi connectivity index (χ1) is 6.33. The van der Waals surface area contributed by atoms with Crippen LogP contribution in [-0.2, 0) is 6.54 Å². The Balaban J connectivity index is 2.51. The van der Waals surface area contributed by atoms with Crippen molar-refractivity contribution in [2.24, 2.45) is 0 Å². The van der Waals surface area contributed by atoms with Gasteiger partial charge in [0.05, 0.1) is 5.69 Å². The molecule has 0 aliphatic carbocycles. The quantitative estimate of drug-likeness (QED) is 0.612. The van der Waals surface area contributed by atoms with E-state index in [1.54, 1.807) is 6.07 Å². The number of aromatic nitrogens is 1. The van der Waals surface area contributed by atoms with Crippen LogP contribution in [0.15, 0.2) is 12.3 Å². The summed E-state index contributed by atoms with van der Waals surface area (Å²) in [5, 5.41) is 0. The number of carbonyl (C=O) groups excluding carboxylic acids is 2. The molecule has 13 heavy (non-hydrogen) atoms. The second-order valence-electron chi connectivity index (χ2n) is 3.31. The fourth-order valence-electron chi connectivity index (χ4n) is 1.78. The summed E-state index contributed by atoms with van der Waals surface area (Å²) in [5.41, 5.74) is 1.14. The SMILES string of the molecule is O=Cc1ccn2c1C(=O)CCCC2. The highest BCUT2D eigenvalue weighted by Crippen LogP contribution is 2.18. The first-order valence-corrected chi connectivity index (χ1v) is 4.50. The Morgan fingerprint density at radius 3 is 3.00 bits per heavy atom. The van der Waals surface area contributed by atoms with Gasteiger partial charge in [0.1, 0.15) is 0 Å². The maximum atomic E-state index is 11.6. The Labute approximate surface area is 76.4 Å². The van der Waals surface area contributed by atoms with Crippen molar-refractivity contribution in [1.82, 2.24) is 4.57 Å². The summed E-state index contributed by atoms with van der Waals surface area (Å²) in [5.74, 6) is 0.101. The summed E-state index contributed by atoms with van der Waals surface area (Å²) in [7, 11) is 0. The van der Waals surface area contributed by atoms with Gasteiger partial charge in [0, 0.05) is 24.7 Å². The van der Waals surface area contributed by atoms with Crippen molar-refractivity contribution in [3.05, 3.63) is 23.5 Å². The van der Waals surface area contributed by atoms with E-state index in [4.69, 9.17) is 0 Å². The van der Waals surface area contributed by atoms with E-state index in [2.05, 4.69) is 0 Å². The Bertz CT molecular complexity index is 352. The predicted molar refractivity (Wildman–Crippen MR) is 48.0 cm³/mol. The molecule has 0 saturated carbocycles. The van der Waals surface area contributed by atoms with E-state index >= 15 is 0 Å². The van der Waals surface area contributed by atoms with Crippen LogP contribution < -0.4 is 0 Å². The molecule has 2 rings (SSSR count). The van der Waals surface area contributed by atoms with Gasteiger partial charge in [-0.3, -0.25) is 9.59 Å². The molecule has 0 atom stereocenters. The van der Waals surface area contributed by atoms with Gasteiger partial charge in [-0.2, -0.15) is 0 Å². The molecule has 0 saturated heterocycles. The molecular formula is C10H11NO2. The molecule has 0 N–H and O–H groups in total. The van der Waals surface area contributed by atoms with Crippen molar-refractivity contribution < 1.29 is 9.59 Å². The highest BCUT2D eigenvalue weighted by Gasteiger charge is 2.18. The Hall–Kier alpha value is -1.38. The molecule has 2 heterocycles. The number of fused-ring (bicyclic) bond motifs is 1. The van der Waals surface area contributed by atoms with Crippen molar-refractivity contribution in [3.8, 4) is 0 Å². The van der Waals surface area contributed by atoms with Gasteiger partial charge < -0.3 is 4.57 Å². The highest BCUT2D eigenvalue weighted by atomic mass is 16.1. The lowest BCUT2D eigenvalue weighted by Crippen LogP contribution is -2.06. The number of rotatable bonds is 1.